The highest BCUT2D eigenvalue weighted by molar-refractivity contribution is 5.95. The summed E-state index contributed by atoms with van der Waals surface area (Å²) in [4.78, 5) is 36.9. The summed E-state index contributed by atoms with van der Waals surface area (Å²) < 4.78 is 2.04. The lowest BCUT2D eigenvalue weighted by molar-refractivity contribution is -0.114. The van der Waals surface area contributed by atoms with E-state index in [2.05, 4.69) is 34.4 Å². The Labute approximate surface area is 185 Å². The number of rotatable bonds is 6. The first-order valence-electron chi connectivity index (χ1n) is 10.3. The average molecular weight is 428 g/mol. The summed E-state index contributed by atoms with van der Waals surface area (Å²) in [5.74, 6) is 1.18. The Kier molecular flexibility index (Phi) is 5.68. The Morgan fingerprint density at radius 3 is 2.34 bits per heavy atom. The van der Waals surface area contributed by atoms with Gasteiger partial charge in [0.15, 0.2) is 22.8 Å². The van der Waals surface area contributed by atoms with Crippen LogP contribution in [0.5, 0.6) is 0 Å². The third-order valence-corrected chi connectivity index (χ3v) is 4.99. The summed E-state index contributed by atoms with van der Waals surface area (Å²) in [5.41, 5.74) is 4.33. The van der Waals surface area contributed by atoms with E-state index in [0.29, 0.717) is 28.2 Å². The van der Waals surface area contributed by atoms with Crippen molar-refractivity contribution < 1.29 is 9.59 Å². The van der Waals surface area contributed by atoms with Gasteiger partial charge >= 0.3 is 0 Å². The molecule has 2 N–H and O–H groups in total. The molecule has 0 aliphatic heterocycles. The van der Waals surface area contributed by atoms with Gasteiger partial charge in [0.2, 0.25) is 5.91 Å². The van der Waals surface area contributed by atoms with Crippen LogP contribution < -0.4 is 10.6 Å². The molecular formula is C24H24N6O2. The smallest absolute Gasteiger partial charge is 0.221 e. The zero-order valence-electron chi connectivity index (χ0n) is 18.4. The number of imidazole rings is 1. The third-order valence-electron chi connectivity index (χ3n) is 4.99. The molecule has 8 heteroatoms. The van der Waals surface area contributed by atoms with E-state index >= 15 is 0 Å². The SMILES string of the molecule is CC(=O)Nc1ccc(Nc2ncnc3c2nc(-c2cccc(C(C)=O)c2)n3C(C)C)cc1. The molecule has 2 aromatic heterocycles. The van der Waals surface area contributed by atoms with Gasteiger partial charge in [-0.15, -0.1) is 0 Å². The van der Waals surface area contributed by atoms with E-state index in [1.54, 1.807) is 13.0 Å². The highest BCUT2D eigenvalue weighted by Crippen LogP contribution is 2.31. The van der Waals surface area contributed by atoms with Crippen molar-refractivity contribution in [3.63, 3.8) is 0 Å². The van der Waals surface area contributed by atoms with Crippen molar-refractivity contribution in [1.82, 2.24) is 19.5 Å². The van der Waals surface area contributed by atoms with Crippen molar-refractivity contribution in [2.24, 2.45) is 0 Å². The van der Waals surface area contributed by atoms with Crippen molar-refractivity contribution in [2.45, 2.75) is 33.7 Å². The molecular weight excluding hydrogens is 404 g/mol. The summed E-state index contributed by atoms with van der Waals surface area (Å²) in [5, 5.41) is 6.04. The van der Waals surface area contributed by atoms with E-state index in [0.717, 1.165) is 17.1 Å². The van der Waals surface area contributed by atoms with Crippen LogP contribution in [0.1, 0.15) is 44.1 Å². The van der Waals surface area contributed by atoms with Crippen molar-refractivity contribution in [1.29, 1.82) is 0 Å². The van der Waals surface area contributed by atoms with Crippen molar-refractivity contribution in [3.8, 4) is 11.4 Å². The maximum Gasteiger partial charge on any atom is 0.221 e. The van der Waals surface area contributed by atoms with Gasteiger partial charge in [0.05, 0.1) is 0 Å². The molecule has 2 heterocycles. The number of carbonyl (C=O) groups excluding carboxylic acids is 2. The number of fused-ring (bicyclic) bond motifs is 1. The molecule has 162 valence electrons. The van der Waals surface area contributed by atoms with Crippen molar-refractivity contribution in [3.05, 3.63) is 60.4 Å². The minimum absolute atomic E-state index is 0.00363. The number of carbonyl (C=O) groups is 2. The monoisotopic (exact) mass is 428 g/mol. The van der Waals surface area contributed by atoms with Gasteiger partial charge in [-0.25, -0.2) is 15.0 Å². The molecule has 0 unspecified atom stereocenters. The van der Waals surface area contributed by atoms with Crippen LogP contribution >= 0.6 is 0 Å². The van der Waals surface area contributed by atoms with Gasteiger partial charge in [-0.2, -0.15) is 0 Å². The average Bonchev–Trinajstić information content (AvgIpc) is 3.16. The van der Waals surface area contributed by atoms with Crippen molar-refractivity contribution >= 4 is 40.0 Å². The van der Waals surface area contributed by atoms with Crippen LogP contribution in [0.2, 0.25) is 0 Å². The zero-order valence-corrected chi connectivity index (χ0v) is 18.4. The fourth-order valence-electron chi connectivity index (χ4n) is 3.55. The quantitative estimate of drug-likeness (QED) is 0.420. The van der Waals surface area contributed by atoms with Gasteiger partial charge in [-0.05, 0) is 51.1 Å². The first-order valence-corrected chi connectivity index (χ1v) is 10.3. The molecule has 0 aliphatic carbocycles. The number of benzene rings is 2. The minimum atomic E-state index is -0.121. The zero-order chi connectivity index (χ0) is 22.8. The van der Waals surface area contributed by atoms with Crippen LogP contribution in [-0.2, 0) is 4.79 Å². The number of aromatic nitrogens is 4. The van der Waals surface area contributed by atoms with Gasteiger partial charge in [-0.1, -0.05) is 18.2 Å². The number of anilines is 3. The van der Waals surface area contributed by atoms with E-state index in [-0.39, 0.29) is 17.7 Å². The largest absolute Gasteiger partial charge is 0.338 e. The summed E-state index contributed by atoms with van der Waals surface area (Å²) in [6.45, 7) is 7.15. The second-order valence-electron chi connectivity index (χ2n) is 7.81. The van der Waals surface area contributed by atoms with E-state index in [1.165, 1.54) is 13.3 Å². The lowest BCUT2D eigenvalue weighted by atomic mass is 10.1. The van der Waals surface area contributed by atoms with Crippen LogP contribution in [0.4, 0.5) is 17.2 Å². The predicted octanol–water partition coefficient (Wildman–Crippen LogP) is 4.98. The first kappa shape index (κ1) is 21.2. The normalized spacial score (nSPS) is 11.0. The molecule has 0 bridgehead atoms. The van der Waals surface area contributed by atoms with Gasteiger partial charge in [0.1, 0.15) is 12.2 Å². The molecule has 2 aromatic carbocycles. The molecule has 0 saturated carbocycles. The maximum atomic E-state index is 11.9. The topological polar surface area (TPSA) is 102 Å². The summed E-state index contributed by atoms with van der Waals surface area (Å²) in [6, 6.07) is 14.9. The van der Waals surface area contributed by atoms with Crippen LogP contribution in [0, 0.1) is 0 Å². The number of Topliss-reactive ketones (excluding diaryl/α,β-unsaturated/α-hetero) is 1. The molecule has 0 radical (unpaired) electrons. The van der Waals surface area contributed by atoms with Crippen LogP contribution in [0.25, 0.3) is 22.6 Å². The Morgan fingerprint density at radius 2 is 1.69 bits per heavy atom. The number of hydrogen-bond donors (Lipinski definition) is 2. The number of ketones is 1. The van der Waals surface area contributed by atoms with E-state index in [4.69, 9.17) is 4.98 Å². The molecule has 0 fully saturated rings. The minimum Gasteiger partial charge on any atom is -0.338 e. The maximum absolute atomic E-state index is 11.9. The Balaban J connectivity index is 1.78. The predicted molar refractivity (Wildman–Crippen MR) is 125 cm³/mol. The molecule has 8 nitrogen and oxygen atoms in total. The summed E-state index contributed by atoms with van der Waals surface area (Å²) in [7, 11) is 0. The molecule has 32 heavy (non-hydrogen) atoms. The van der Waals surface area contributed by atoms with Crippen LogP contribution in [-0.4, -0.2) is 31.2 Å². The second kappa shape index (κ2) is 8.58. The Morgan fingerprint density at radius 1 is 0.969 bits per heavy atom. The molecule has 1 amide bonds. The van der Waals surface area contributed by atoms with Gasteiger partial charge < -0.3 is 15.2 Å². The van der Waals surface area contributed by atoms with Gasteiger partial charge in [0, 0.05) is 35.5 Å². The third kappa shape index (κ3) is 4.20. The molecule has 0 saturated heterocycles. The standard InChI is InChI=1S/C24H24N6O2/c1-14(2)30-23(18-7-5-6-17(12-18)15(3)31)29-21-22(25-13-26-24(21)30)28-20-10-8-19(9-11-20)27-16(4)32/h5-14H,1-4H3,(H,27,32)(H,25,26,28). The number of amides is 1. The fourth-order valence-corrected chi connectivity index (χ4v) is 3.55. The molecule has 0 spiro atoms. The van der Waals surface area contributed by atoms with Crippen LogP contribution in [0.3, 0.4) is 0 Å². The number of nitrogens with one attached hydrogen (secondary N) is 2. The van der Waals surface area contributed by atoms with Gasteiger partial charge in [-0.3, -0.25) is 9.59 Å². The highest BCUT2D eigenvalue weighted by Gasteiger charge is 2.19. The Hall–Kier alpha value is -4.07. The fraction of sp³-hybridized carbons (Fsp3) is 0.208. The summed E-state index contributed by atoms with van der Waals surface area (Å²) in [6.07, 6.45) is 1.51. The lowest BCUT2D eigenvalue weighted by Crippen LogP contribution is -2.05. The molecule has 4 aromatic rings. The number of nitrogens with zero attached hydrogens (tertiary/aromatic N) is 4. The Bertz CT molecular complexity index is 1310. The molecule has 0 atom stereocenters. The molecule has 0 aliphatic rings. The van der Waals surface area contributed by atoms with Crippen molar-refractivity contribution in [2.75, 3.05) is 10.6 Å². The van der Waals surface area contributed by atoms with E-state index in [9.17, 15) is 9.59 Å². The van der Waals surface area contributed by atoms with Crippen LogP contribution in [0.15, 0.2) is 54.9 Å². The molecule has 4 rings (SSSR count). The van der Waals surface area contributed by atoms with E-state index < -0.39 is 0 Å². The number of hydrogen-bond acceptors (Lipinski definition) is 6. The van der Waals surface area contributed by atoms with E-state index in [1.807, 2.05) is 47.0 Å². The summed E-state index contributed by atoms with van der Waals surface area (Å²) >= 11 is 0. The first-order chi connectivity index (χ1) is 15.3. The van der Waals surface area contributed by atoms with Gasteiger partial charge in [0.25, 0.3) is 0 Å². The second-order valence-corrected chi connectivity index (χ2v) is 7.81. The lowest BCUT2D eigenvalue weighted by Gasteiger charge is -2.13. The highest BCUT2D eigenvalue weighted by atomic mass is 16.1.